The van der Waals surface area contributed by atoms with Gasteiger partial charge in [-0.05, 0) is 33.6 Å². The fourth-order valence-electron chi connectivity index (χ4n) is 2.91. The molecule has 3 rings (SSSR count). The largest absolute Gasteiger partial charge is 0.478 e. The molecule has 3 heterocycles. The topological polar surface area (TPSA) is 89.2 Å². The molecule has 1 saturated heterocycles. The Morgan fingerprint density at radius 3 is 2.92 bits per heavy atom. The van der Waals surface area contributed by atoms with Gasteiger partial charge in [0.25, 0.3) is 0 Å². The zero-order chi connectivity index (χ0) is 17.2. The van der Waals surface area contributed by atoms with Crippen LogP contribution in [0.15, 0.2) is 18.6 Å². The molecule has 0 spiro atoms. The molecule has 1 aliphatic heterocycles. The number of aromatic nitrogens is 5. The maximum Gasteiger partial charge on any atom is 0.218 e. The van der Waals surface area contributed by atoms with Gasteiger partial charge >= 0.3 is 0 Å². The lowest BCUT2D eigenvalue weighted by molar-refractivity contribution is 0.0174. The van der Waals surface area contributed by atoms with E-state index in [1.165, 1.54) is 6.33 Å². The second-order valence-electron chi connectivity index (χ2n) is 6.38. The van der Waals surface area contributed by atoms with Crippen molar-refractivity contribution < 1.29 is 9.84 Å². The zero-order valence-electron chi connectivity index (χ0n) is 14.4. The van der Waals surface area contributed by atoms with Crippen LogP contribution in [-0.4, -0.2) is 49.8 Å². The first-order chi connectivity index (χ1) is 11.5. The molecule has 0 unspecified atom stereocenters. The van der Waals surface area contributed by atoms with Crippen molar-refractivity contribution in [3.63, 3.8) is 0 Å². The summed E-state index contributed by atoms with van der Waals surface area (Å²) >= 11 is 0. The van der Waals surface area contributed by atoms with Gasteiger partial charge in [0.15, 0.2) is 0 Å². The van der Waals surface area contributed by atoms with E-state index in [1.54, 1.807) is 10.7 Å². The molecule has 8 nitrogen and oxygen atoms in total. The molecule has 1 N–H and O–H groups in total. The van der Waals surface area contributed by atoms with Crippen LogP contribution in [0.1, 0.15) is 45.3 Å². The van der Waals surface area contributed by atoms with Crippen LogP contribution in [0.2, 0.25) is 0 Å². The molecule has 0 aromatic carbocycles. The van der Waals surface area contributed by atoms with Gasteiger partial charge in [-0.25, -0.2) is 14.6 Å². The highest BCUT2D eigenvalue weighted by Gasteiger charge is 2.38. The fourth-order valence-corrected chi connectivity index (χ4v) is 2.91. The Kier molecular flexibility index (Phi) is 4.66. The lowest BCUT2D eigenvalue weighted by Crippen LogP contribution is -2.46. The highest BCUT2D eigenvalue weighted by atomic mass is 16.5. The first kappa shape index (κ1) is 16.6. The smallest absolute Gasteiger partial charge is 0.218 e. The Hall–Kier alpha value is -2.22. The lowest BCUT2D eigenvalue weighted by Gasteiger charge is -2.38. The van der Waals surface area contributed by atoms with E-state index < -0.39 is 5.60 Å². The third kappa shape index (κ3) is 3.33. The molecule has 0 radical (unpaired) electrons. The first-order valence-electron chi connectivity index (χ1n) is 8.36. The van der Waals surface area contributed by atoms with E-state index in [0.717, 1.165) is 18.8 Å². The molecular weight excluding hydrogens is 308 g/mol. The second-order valence-corrected chi connectivity index (χ2v) is 6.38. The number of piperidine rings is 1. The average Bonchev–Trinajstić information content (AvgIpc) is 3.07. The number of nitrogens with zero attached hydrogens (tertiary/aromatic N) is 6. The van der Waals surface area contributed by atoms with Gasteiger partial charge in [0.1, 0.15) is 23.4 Å². The number of β-amino-alcohol motifs (C(OH)–C–C–N with tert-alkyl or cyclic N) is 1. The molecule has 1 atom stereocenters. The quantitative estimate of drug-likeness (QED) is 0.888. The zero-order valence-corrected chi connectivity index (χ0v) is 14.4. The molecule has 2 aromatic heterocycles. The normalized spacial score (nSPS) is 21.3. The van der Waals surface area contributed by atoms with Gasteiger partial charge in [-0.1, -0.05) is 5.21 Å². The van der Waals surface area contributed by atoms with Gasteiger partial charge < -0.3 is 14.7 Å². The summed E-state index contributed by atoms with van der Waals surface area (Å²) < 4.78 is 7.21. The van der Waals surface area contributed by atoms with E-state index in [2.05, 4.69) is 20.3 Å². The monoisotopic (exact) mass is 332 g/mol. The highest BCUT2D eigenvalue weighted by Crippen LogP contribution is 2.32. The standard InChI is InChI=1S/C16H24N6O2/c1-4-24-15-8-14(17-11-18-15)21-7-5-6-16(23,10-21)13-9-22(12(2)3)20-19-13/h8-9,11-12,23H,4-7,10H2,1-3H3/t16-/m1/s1. The van der Waals surface area contributed by atoms with Crippen LogP contribution in [0, 0.1) is 0 Å². The van der Waals surface area contributed by atoms with Crippen molar-refractivity contribution in [2.75, 3.05) is 24.6 Å². The van der Waals surface area contributed by atoms with E-state index in [9.17, 15) is 5.11 Å². The van der Waals surface area contributed by atoms with Crippen LogP contribution in [0.3, 0.4) is 0 Å². The minimum absolute atomic E-state index is 0.213. The number of ether oxygens (including phenoxy) is 1. The Balaban J connectivity index is 1.81. The molecule has 0 amide bonds. The van der Waals surface area contributed by atoms with Gasteiger partial charge in [0, 0.05) is 18.7 Å². The number of aliphatic hydroxyl groups is 1. The van der Waals surface area contributed by atoms with Crippen LogP contribution in [0.5, 0.6) is 5.88 Å². The number of hydrogen-bond donors (Lipinski definition) is 1. The molecule has 130 valence electrons. The van der Waals surface area contributed by atoms with Crippen molar-refractivity contribution in [2.24, 2.45) is 0 Å². The molecule has 24 heavy (non-hydrogen) atoms. The molecule has 0 aliphatic carbocycles. The van der Waals surface area contributed by atoms with Crippen LogP contribution in [-0.2, 0) is 5.60 Å². The van der Waals surface area contributed by atoms with Crippen molar-refractivity contribution >= 4 is 5.82 Å². The number of rotatable bonds is 5. The first-order valence-corrected chi connectivity index (χ1v) is 8.36. The minimum Gasteiger partial charge on any atom is -0.478 e. The van der Waals surface area contributed by atoms with Gasteiger partial charge in [0.2, 0.25) is 5.88 Å². The van der Waals surface area contributed by atoms with E-state index in [-0.39, 0.29) is 6.04 Å². The van der Waals surface area contributed by atoms with Crippen molar-refractivity contribution in [3.05, 3.63) is 24.3 Å². The van der Waals surface area contributed by atoms with Crippen molar-refractivity contribution in [1.82, 2.24) is 25.0 Å². The number of hydrogen-bond acceptors (Lipinski definition) is 7. The maximum atomic E-state index is 11.1. The molecule has 0 bridgehead atoms. The Morgan fingerprint density at radius 1 is 1.38 bits per heavy atom. The Bertz CT molecular complexity index is 689. The highest BCUT2D eigenvalue weighted by molar-refractivity contribution is 5.42. The van der Waals surface area contributed by atoms with E-state index in [1.807, 2.05) is 31.9 Å². The summed E-state index contributed by atoms with van der Waals surface area (Å²) in [5, 5.41) is 19.4. The van der Waals surface area contributed by atoms with Gasteiger partial charge in [0.05, 0.1) is 19.3 Å². The van der Waals surface area contributed by atoms with Crippen molar-refractivity contribution in [1.29, 1.82) is 0 Å². The van der Waals surface area contributed by atoms with E-state index in [4.69, 9.17) is 4.74 Å². The second kappa shape index (κ2) is 6.72. The van der Waals surface area contributed by atoms with E-state index >= 15 is 0 Å². The SMILES string of the molecule is CCOc1cc(N2CCC[C@](O)(c3cn(C(C)C)nn3)C2)ncn1. The molecule has 8 heteroatoms. The lowest BCUT2D eigenvalue weighted by atomic mass is 9.90. The minimum atomic E-state index is -1.03. The van der Waals surface area contributed by atoms with Gasteiger partial charge in [-0.2, -0.15) is 0 Å². The van der Waals surface area contributed by atoms with Crippen LogP contribution in [0.4, 0.5) is 5.82 Å². The summed E-state index contributed by atoms with van der Waals surface area (Å²) in [5.74, 6) is 1.30. The van der Waals surface area contributed by atoms with Gasteiger partial charge in [-0.15, -0.1) is 5.10 Å². The van der Waals surface area contributed by atoms with Crippen molar-refractivity contribution in [2.45, 2.75) is 45.3 Å². The van der Waals surface area contributed by atoms with E-state index in [0.29, 0.717) is 31.1 Å². The van der Waals surface area contributed by atoms with Gasteiger partial charge in [-0.3, -0.25) is 0 Å². The molecular formula is C16H24N6O2. The Labute approximate surface area is 141 Å². The summed E-state index contributed by atoms with van der Waals surface area (Å²) in [6.07, 6.45) is 4.82. The Morgan fingerprint density at radius 2 is 2.21 bits per heavy atom. The summed E-state index contributed by atoms with van der Waals surface area (Å²) in [7, 11) is 0. The summed E-state index contributed by atoms with van der Waals surface area (Å²) in [5.41, 5.74) is -0.415. The fraction of sp³-hybridized carbons (Fsp3) is 0.625. The summed E-state index contributed by atoms with van der Waals surface area (Å²) in [6, 6.07) is 2.02. The third-order valence-corrected chi connectivity index (χ3v) is 4.23. The molecule has 2 aromatic rings. The number of anilines is 1. The average molecular weight is 332 g/mol. The third-order valence-electron chi connectivity index (χ3n) is 4.23. The summed E-state index contributed by atoms with van der Waals surface area (Å²) in [6.45, 7) is 7.78. The maximum absolute atomic E-state index is 11.1. The molecule has 1 fully saturated rings. The predicted molar refractivity (Wildman–Crippen MR) is 89.0 cm³/mol. The van der Waals surface area contributed by atoms with Crippen LogP contribution >= 0.6 is 0 Å². The molecule has 1 aliphatic rings. The summed E-state index contributed by atoms with van der Waals surface area (Å²) in [4.78, 5) is 10.5. The molecule has 0 saturated carbocycles. The van der Waals surface area contributed by atoms with Crippen LogP contribution < -0.4 is 9.64 Å². The predicted octanol–water partition coefficient (Wildman–Crippen LogP) is 1.54. The van der Waals surface area contributed by atoms with Crippen molar-refractivity contribution in [3.8, 4) is 5.88 Å². The van der Waals surface area contributed by atoms with Crippen LogP contribution in [0.25, 0.3) is 0 Å².